The molecule has 60 valence electrons. The minimum atomic E-state index is -0.419. The van der Waals surface area contributed by atoms with Gasteiger partial charge in [0.05, 0.1) is 24.9 Å². The predicted molar refractivity (Wildman–Crippen MR) is 36.6 cm³/mol. The number of rotatable bonds is 1. The smallest absolute Gasteiger partial charge is 0.0861 e. The fourth-order valence-corrected chi connectivity index (χ4v) is 1.34. The van der Waals surface area contributed by atoms with Gasteiger partial charge in [-0.3, -0.25) is 0 Å². The first-order chi connectivity index (χ1) is 4.66. The Balaban J connectivity index is 2.53. The summed E-state index contributed by atoms with van der Waals surface area (Å²) in [5.41, 5.74) is 0. The SMILES string of the molecule is CC1OC(CO)C(C)C1O. The molecule has 0 aromatic heterocycles. The summed E-state index contributed by atoms with van der Waals surface area (Å²) in [6, 6.07) is 0. The Morgan fingerprint density at radius 2 is 2.00 bits per heavy atom. The molecule has 4 unspecified atom stereocenters. The van der Waals surface area contributed by atoms with Crippen LogP contribution in [-0.2, 0) is 4.74 Å². The van der Waals surface area contributed by atoms with E-state index in [1.165, 1.54) is 0 Å². The Morgan fingerprint density at radius 1 is 1.40 bits per heavy atom. The molecule has 0 aromatic rings. The van der Waals surface area contributed by atoms with E-state index in [9.17, 15) is 5.11 Å². The molecule has 0 radical (unpaired) electrons. The topological polar surface area (TPSA) is 49.7 Å². The summed E-state index contributed by atoms with van der Waals surface area (Å²) in [6.07, 6.45) is -0.728. The van der Waals surface area contributed by atoms with E-state index < -0.39 is 6.10 Å². The highest BCUT2D eigenvalue weighted by atomic mass is 16.5. The number of hydrogen-bond donors (Lipinski definition) is 2. The zero-order valence-corrected chi connectivity index (χ0v) is 6.32. The molecule has 1 aliphatic rings. The maximum absolute atomic E-state index is 9.33. The molecule has 1 saturated heterocycles. The van der Waals surface area contributed by atoms with Gasteiger partial charge in [0.1, 0.15) is 0 Å². The molecule has 0 saturated carbocycles. The van der Waals surface area contributed by atoms with Crippen molar-refractivity contribution in [3.63, 3.8) is 0 Å². The number of aliphatic hydroxyl groups excluding tert-OH is 2. The van der Waals surface area contributed by atoms with Gasteiger partial charge in [0, 0.05) is 5.92 Å². The Kier molecular flexibility index (Phi) is 2.28. The Hall–Kier alpha value is -0.120. The summed E-state index contributed by atoms with van der Waals surface area (Å²) in [4.78, 5) is 0. The van der Waals surface area contributed by atoms with Crippen molar-refractivity contribution in [1.29, 1.82) is 0 Å². The van der Waals surface area contributed by atoms with Crippen molar-refractivity contribution in [2.24, 2.45) is 5.92 Å². The molecule has 0 bridgehead atoms. The second-order valence-electron chi connectivity index (χ2n) is 2.91. The highest BCUT2D eigenvalue weighted by molar-refractivity contribution is 4.84. The lowest BCUT2D eigenvalue weighted by Gasteiger charge is -2.11. The lowest BCUT2D eigenvalue weighted by atomic mass is 10.00. The van der Waals surface area contributed by atoms with E-state index in [1.807, 2.05) is 13.8 Å². The summed E-state index contributed by atoms with van der Waals surface area (Å²) in [7, 11) is 0. The highest BCUT2D eigenvalue weighted by Crippen LogP contribution is 2.25. The molecule has 10 heavy (non-hydrogen) atoms. The lowest BCUT2D eigenvalue weighted by Crippen LogP contribution is -2.24. The summed E-state index contributed by atoms with van der Waals surface area (Å²) in [5.74, 6) is 0.0556. The van der Waals surface area contributed by atoms with E-state index in [1.54, 1.807) is 0 Å². The second-order valence-corrected chi connectivity index (χ2v) is 2.91. The summed E-state index contributed by atoms with van der Waals surface area (Å²) >= 11 is 0. The molecule has 3 nitrogen and oxygen atoms in total. The van der Waals surface area contributed by atoms with E-state index in [2.05, 4.69) is 0 Å². The molecule has 0 spiro atoms. The average molecular weight is 146 g/mol. The monoisotopic (exact) mass is 146 g/mol. The summed E-state index contributed by atoms with van der Waals surface area (Å²) < 4.78 is 5.23. The van der Waals surface area contributed by atoms with Crippen LogP contribution >= 0.6 is 0 Å². The zero-order valence-electron chi connectivity index (χ0n) is 6.32. The Bertz CT molecular complexity index is 115. The van der Waals surface area contributed by atoms with Crippen molar-refractivity contribution in [1.82, 2.24) is 0 Å². The van der Waals surface area contributed by atoms with Crippen LogP contribution in [0.4, 0.5) is 0 Å². The lowest BCUT2D eigenvalue weighted by molar-refractivity contribution is -0.00171. The minimum absolute atomic E-state index is 0.00255. The maximum Gasteiger partial charge on any atom is 0.0861 e. The van der Waals surface area contributed by atoms with Gasteiger partial charge in [-0.25, -0.2) is 0 Å². The molecule has 4 atom stereocenters. The molecule has 2 N–H and O–H groups in total. The number of hydrogen-bond acceptors (Lipinski definition) is 3. The third-order valence-corrected chi connectivity index (χ3v) is 2.18. The van der Waals surface area contributed by atoms with Crippen molar-refractivity contribution in [2.75, 3.05) is 6.61 Å². The van der Waals surface area contributed by atoms with Crippen molar-refractivity contribution in [3.8, 4) is 0 Å². The van der Waals surface area contributed by atoms with Gasteiger partial charge in [-0.05, 0) is 6.92 Å². The molecule has 3 heteroatoms. The van der Waals surface area contributed by atoms with Crippen LogP contribution in [0, 0.1) is 5.92 Å². The molecule has 0 aliphatic carbocycles. The Morgan fingerprint density at radius 3 is 2.20 bits per heavy atom. The van der Waals surface area contributed by atoms with Gasteiger partial charge >= 0.3 is 0 Å². The normalized spacial score (nSPS) is 48.0. The molecule has 0 amide bonds. The van der Waals surface area contributed by atoms with Crippen LogP contribution in [0.2, 0.25) is 0 Å². The predicted octanol–water partition coefficient (Wildman–Crippen LogP) is -0.237. The molecule has 1 fully saturated rings. The largest absolute Gasteiger partial charge is 0.394 e. The molecular formula is C7H14O3. The van der Waals surface area contributed by atoms with E-state index in [4.69, 9.17) is 9.84 Å². The van der Waals surface area contributed by atoms with Crippen LogP contribution in [0.25, 0.3) is 0 Å². The third-order valence-electron chi connectivity index (χ3n) is 2.18. The van der Waals surface area contributed by atoms with Crippen LogP contribution < -0.4 is 0 Å². The van der Waals surface area contributed by atoms with Crippen molar-refractivity contribution in [3.05, 3.63) is 0 Å². The van der Waals surface area contributed by atoms with E-state index in [0.717, 1.165) is 0 Å². The number of ether oxygens (including phenoxy) is 1. The van der Waals surface area contributed by atoms with E-state index in [0.29, 0.717) is 0 Å². The van der Waals surface area contributed by atoms with Crippen LogP contribution in [-0.4, -0.2) is 35.1 Å². The van der Waals surface area contributed by atoms with E-state index in [-0.39, 0.29) is 24.7 Å². The van der Waals surface area contributed by atoms with Gasteiger partial charge in [-0.15, -0.1) is 0 Å². The fourth-order valence-electron chi connectivity index (χ4n) is 1.34. The summed E-state index contributed by atoms with van der Waals surface area (Å²) in [6.45, 7) is 3.70. The first-order valence-electron chi connectivity index (χ1n) is 3.61. The van der Waals surface area contributed by atoms with Crippen molar-refractivity contribution in [2.45, 2.75) is 32.2 Å². The van der Waals surface area contributed by atoms with Crippen LogP contribution in [0.1, 0.15) is 13.8 Å². The molecular weight excluding hydrogens is 132 g/mol. The quantitative estimate of drug-likeness (QED) is 0.537. The van der Waals surface area contributed by atoms with Crippen LogP contribution in [0.15, 0.2) is 0 Å². The number of aliphatic hydroxyl groups is 2. The summed E-state index contributed by atoms with van der Waals surface area (Å²) in [5, 5.41) is 18.1. The second kappa shape index (κ2) is 2.86. The highest BCUT2D eigenvalue weighted by Gasteiger charge is 2.37. The van der Waals surface area contributed by atoms with E-state index >= 15 is 0 Å². The molecule has 1 heterocycles. The van der Waals surface area contributed by atoms with Gasteiger partial charge in [0.15, 0.2) is 0 Å². The first kappa shape index (κ1) is 7.98. The standard InChI is InChI=1S/C7H14O3/c1-4-6(3-8)10-5(2)7(4)9/h4-9H,3H2,1-2H3. The molecule has 1 aliphatic heterocycles. The third kappa shape index (κ3) is 1.17. The molecule has 1 rings (SSSR count). The van der Waals surface area contributed by atoms with Gasteiger partial charge in [-0.2, -0.15) is 0 Å². The van der Waals surface area contributed by atoms with Crippen LogP contribution in [0.5, 0.6) is 0 Å². The maximum atomic E-state index is 9.33. The van der Waals surface area contributed by atoms with Crippen molar-refractivity contribution >= 4 is 0 Å². The van der Waals surface area contributed by atoms with Crippen LogP contribution in [0.3, 0.4) is 0 Å². The van der Waals surface area contributed by atoms with Gasteiger partial charge < -0.3 is 14.9 Å². The zero-order chi connectivity index (χ0) is 7.72. The van der Waals surface area contributed by atoms with Gasteiger partial charge in [-0.1, -0.05) is 6.92 Å². The minimum Gasteiger partial charge on any atom is -0.394 e. The Labute approximate surface area is 60.6 Å². The first-order valence-corrected chi connectivity index (χ1v) is 3.61. The van der Waals surface area contributed by atoms with Crippen molar-refractivity contribution < 1.29 is 14.9 Å². The fraction of sp³-hybridized carbons (Fsp3) is 1.00. The molecule has 0 aromatic carbocycles. The van der Waals surface area contributed by atoms with Gasteiger partial charge in [0.2, 0.25) is 0 Å². The average Bonchev–Trinajstić information content (AvgIpc) is 2.17. The van der Waals surface area contributed by atoms with Gasteiger partial charge in [0.25, 0.3) is 0 Å².